The second-order valence-corrected chi connectivity index (χ2v) is 5.85. The maximum Gasteiger partial charge on any atom is 0.336 e. The standard InChI is InChI=1S/C17H13NO4S/c19-15-10-14(16(20)18(15)11-6-2-1-3-7-11)23-13-9-5-4-8-12(13)17(21)22/h1-10,19-20H,(H,21,22). The fourth-order valence-electron chi connectivity index (χ4n) is 2.22. The topological polar surface area (TPSA) is 82.7 Å². The highest BCUT2D eigenvalue weighted by Crippen LogP contribution is 2.41. The number of nitrogens with zero attached hydrogens (tertiary/aromatic N) is 1. The van der Waals surface area contributed by atoms with E-state index in [2.05, 4.69) is 0 Å². The number of benzene rings is 2. The fraction of sp³-hybridized carbons (Fsp3) is 0. The van der Waals surface area contributed by atoms with Gasteiger partial charge >= 0.3 is 5.97 Å². The van der Waals surface area contributed by atoms with Gasteiger partial charge in [0.25, 0.3) is 0 Å². The maximum atomic E-state index is 11.3. The van der Waals surface area contributed by atoms with Crippen molar-refractivity contribution in [2.24, 2.45) is 0 Å². The summed E-state index contributed by atoms with van der Waals surface area (Å²) in [5, 5.41) is 29.7. The Morgan fingerprint density at radius 1 is 0.913 bits per heavy atom. The van der Waals surface area contributed by atoms with Crippen LogP contribution in [0.3, 0.4) is 0 Å². The van der Waals surface area contributed by atoms with Gasteiger partial charge in [0, 0.05) is 11.0 Å². The summed E-state index contributed by atoms with van der Waals surface area (Å²) in [6.07, 6.45) is 0. The molecule has 0 amide bonds. The predicted molar refractivity (Wildman–Crippen MR) is 86.6 cm³/mol. The summed E-state index contributed by atoms with van der Waals surface area (Å²) >= 11 is 1.09. The quantitative estimate of drug-likeness (QED) is 0.680. The molecule has 0 atom stereocenters. The van der Waals surface area contributed by atoms with Crippen LogP contribution >= 0.6 is 11.8 Å². The highest BCUT2D eigenvalue weighted by atomic mass is 32.2. The molecule has 1 heterocycles. The van der Waals surface area contributed by atoms with Gasteiger partial charge in [-0.2, -0.15) is 0 Å². The van der Waals surface area contributed by atoms with Gasteiger partial charge in [0.2, 0.25) is 5.88 Å². The Morgan fingerprint density at radius 2 is 1.57 bits per heavy atom. The van der Waals surface area contributed by atoms with Crippen LogP contribution in [0.4, 0.5) is 0 Å². The highest BCUT2D eigenvalue weighted by molar-refractivity contribution is 7.99. The summed E-state index contributed by atoms with van der Waals surface area (Å²) in [6.45, 7) is 0. The lowest BCUT2D eigenvalue weighted by atomic mass is 10.2. The van der Waals surface area contributed by atoms with Crippen molar-refractivity contribution in [1.29, 1.82) is 0 Å². The summed E-state index contributed by atoms with van der Waals surface area (Å²) in [5.41, 5.74) is 0.754. The van der Waals surface area contributed by atoms with Crippen LogP contribution in [0.2, 0.25) is 0 Å². The predicted octanol–water partition coefficient (Wildman–Crippen LogP) is 3.74. The first-order valence-electron chi connectivity index (χ1n) is 6.77. The molecule has 2 aromatic carbocycles. The van der Waals surface area contributed by atoms with Gasteiger partial charge in [-0.3, -0.25) is 4.57 Å². The molecule has 0 saturated carbocycles. The van der Waals surface area contributed by atoms with E-state index < -0.39 is 5.97 Å². The van der Waals surface area contributed by atoms with E-state index in [4.69, 9.17) is 0 Å². The van der Waals surface area contributed by atoms with Gasteiger partial charge in [0.05, 0.1) is 16.1 Å². The van der Waals surface area contributed by atoms with Crippen LogP contribution in [0.1, 0.15) is 10.4 Å². The van der Waals surface area contributed by atoms with Crippen LogP contribution in [0.15, 0.2) is 70.5 Å². The van der Waals surface area contributed by atoms with Gasteiger partial charge in [0.15, 0.2) is 5.88 Å². The molecule has 0 aliphatic rings. The SMILES string of the molecule is O=C(O)c1ccccc1Sc1cc(O)n(-c2ccccc2)c1O. The third-order valence-corrected chi connectivity index (χ3v) is 4.37. The smallest absolute Gasteiger partial charge is 0.336 e. The average molecular weight is 327 g/mol. The molecule has 0 bridgehead atoms. The van der Waals surface area contributed by atoms with Crippen LogP contribution in [0.25, 0.3) is 5.69 Å². The summed E-state index contributed by atoms with van der Waals surface area (Å²) in [6, 6.07) is 16.8. The van der Waals surface area contributed by atoms with Gasteiger partial charge in [-0.05, 0) is 24.3 Å². The van der Waals surface area contributed by atoms with E-state index in [0.29, 0.717) is 15.5 Å². The first-order chi connectivity index (χ1) is 11.1. The van der Waals surface area contributed by atoms with Gasteiger partial charge in [-0.15, -0.1) is 0 Å². The number of hydrogen-bond donors (Lipinski definition) is 3. The Kier molecular flexibility index (Phi) is 3.99. The van der Waals surface area contributed by atoms with Crippen molar-refractivity contribution in [3.8, 4) is 17.4 Å². The Bertz CT molecular complexity index is 858. The molecule has 0 aliphatic carbocycles. The Balaban J connectivity index is 2.02. The molecule has 116 valence electrons. The van der Waals surface area contributed by atoms with Gasteiger partial charge in [-0.25, -0.2) is 4.79 Å². The summed E-state index contributed by atoms with van der Waals surface area (Å²) in [4.78, 5) is 12.1. The molecule has 6 heteroatoms. The largest absolute Gasteiger partial charge is 0.494 e. The van der Waals surface area contributed by atoms with Crippen molar-refractivity contribution in [3.05, 3.63) is 66.2 Å². The van der Waals surface area contributed by atoms with Crippen LogP contribution < -0.4 is 0 Å². The van der Waals surface area contributed by atoms with Crippen LogP contribution in [-0.4, -0.2) is 25.9 Å². The minimum absolute atomic E-state index is 0.121. The molecular weight excluding hydrogens is 314 g/mol. The summed E-state index contributed by atoms with van der Waals surface area (Å²) in [7, 11) is 0. The highest BCUT2D eigenvalue weighted by Gasteiger charge is 2.18. The molecular formula is C17H13NO4S. The molecule has 0 unspecified atom stereocenters. The van der Waals surface area contributed by atoms with Gasteiger partial charge in [0.1, 0.15) is 0 Å². The number of carbonyl (C=O) groups is 1. The molecule has 0 fully saturated rings. The number of aromatic nitrogens is 1. The molecule has 23 heavy (non-hydrogen) atoms. The van der Waals surface area contributed by atoms with Crippen molar-refractivity contribution in [2.75, 3.05) is 0 Å². The molecule has 3 N–H and O–H groups in total. The van der Waals surface area contributed by atoms with Crippen molar-refractivity contribution in [2.45, 2.75) is 9.79 Å². The van der Waals surface area contributed by atoms with Crippen molar-refractivity contribution in [3.63, 3.8) is 0 Å². The lowest BCUT2D eigenvalue weighted by Crippen LogP contribution is -1.97. The van der Waals surface area contributed by atoms with Crippen LogP contribution in [-0.2, 0) is 0 Å². The number of carboxylic acids is 1. The molecule has 3 rings (SSSR count). The van der Waals surface area contributed by atoms with Gasteiger partial charge < -0.3 is 15.3 Å². The van der Waals surface area contributed by atoms with E-state index in [1.807, 2.05) is 6.07 Å². The van der Waals surface area contributed by atoms with Crippen molar-refractivity contribution in [1.82, 2.24) is 4.57 Å². The Labute approximate surface area is 136 Å². The van der Waals surface area contributed by atoms with Crippen LogP contribution in [0.5, 0.6) is 11.8 Å². The molecule has 0 aliphatic heterocycles. The Hall–Kier alpha value is -2.86. The lowest BCUT2D eigenvalue weighted by molar-refractivity contribution is 0.0693. The number of rotatable bonds is 4. The van der Waals surface area contributed by atoms with E-state index >= 15 is 0 Å². The van der Waals surface area contributed by atoms with Crippen LogP contribution in [0, 0.1) is 0 Å². The minimum atomic E-state index is -1.04. The third-order valence-electron chi connectivity index (χ3n) is 3.27. The fourth-order valence-corrected chi connectivity index (χ4v) is 3.22. The number of carboxylic acid groups (broad SMARTS) is 1. The molecule has 0 saturated heterocycles. The first-order valence-corrected chi connectivity index (χ1v) is 7.59. The molecule has 5 nitrogen and oxygen atoms in total. The minimum Gasteiger partial charge on any atom is -0.494 e. The molecule has 1 aromatic heterocycles. The number of hydrogen-bond acceptors (Lipinski definition) is 4. The summed E-state index contributed by atoms with van der Waals surface area (Å²) in [5.74, 6) is -1.30. The zero-order chi connectivity index (χ0) is 16.4. The summed E-state index contributed by atoms with van der Waals surface area (Å²) < 4.78 is 1.30. The first kappa shape index (κ1) is 15.1. The molecule has 0 spiro atoms. The maximum absolute atomic E-state index is 11.3. The second kappa shape index (κ2) is 6.10. The van der Waals surface area contributed by atoms with E-state index in [1.54, 1.807) is 42.5 Å². The zero-order valence-electron chi connectivity index (χ0n) is 11.9. The third kappa shape index (κ3) is 2.89. The molecule has 0 radical (unpaired) electrons. The number of aromatic carboxylic acids is 1. The number of para-hydroxylation sites is 1. The Morgan fingerprint density at radius 3 is 2.26 bits per heavy atom. The molecule has 3 aromatic rings. The lowest BCUT2D eigenvalue weighted by Gasteiger charge is -2.07. The van der Waals surface area contributed by atoms with Gasteiger partial charge in [-0.1, -0.05) is 42.1 Å². The number of aromatic hydroxyl groups is 2. The monoisotopic (exact) mass is 327 g/mol. The normalized spacial score (nSPS) is 10.6. The van der Waals surface area contributed by atoms with E-state index in [-0.39, 0.29) is 17.3 Å². The van der Waals surface area contributed by atoms with E-state index in [0.717, 1.165) is 11.8 Å². The van der Waals surface area contributed by atoms with Crippen molar-refractivity contribution >= 4 is 17.7 Å². The van der Waals surface area contributed by atoms with Crippen molar-refractivity contribution < 1.29 is 20.1 Å². The average Bonchev–Trinajstić information content (AvgIpc) is 2.82. The van der Waals surface area contributed by atoms with E-state index in [9.17, 15) is 20.1 Å². The van der Waals surface area contributed by atoms with E-state index in [1.165, 1.54) is 16.7 Å². The second-order valence-electron chi connectivity index (χ2n) is 4.76. The zero-order valence-corrected chi connectivity index (χ0v) is 12.7.